The van der Waals surface area contributed by atoms with Crippen LogP contribution in [0.15, 0.2) is 46.0 Å². The fourth-order valence-electron chi connectivity index (χ4n) is 3.27. The molecule has 1 aromatic carbocycles. The molecule has 7 nitrogen and oxygen atoms in total. The molecule has 0 atom stereocenters. The lowest BCUT2D eigenvalue weighted by Gasteiger charge is -2.34. The largest absolute Gasteiger partial charge is 0.444 e. The lowest BCUT2D eigenvalue weighted by Crippen LogP contribution is -2.50. The highest BCUT2D eigenvalue weighted by atomic mass is 16.3. The molecule has 0 unspecified atom stereocenters. The van der Waals surface area contributed by atoms with Gasteiger partial charge in [-0.3, -0.25) is 9.79 Å². The summed E-state index contributed by atoms with van der Waals surface area (Å²) in [6.07, 6.45) is 3.50. The summed E-state index contributed by atoms with van der Waals surface area (Å²) < 4.78 is 5.57. The smallest absolute Gasteiger partial charge is 0.226 e. The highest BCUT2D eigenvalue weighted by Crippen LogP contribution is 2.18. The summed E-state index contributed by atoms with van der Waals surface area (Å²) in [6, 6.07) is 10.1. The van der Waals surface area contributed by atoms with Crippen LogP contribution in [0.3, 0.4) is 0 Å². The molecule has 0 saturated carbocycles. The predicted octanol–water partition coefficient (Wildman–Crippen LogP) is 2.65. The molecule has 0 spiro atoms. The van der Waals surface area contributed by atoms with E-state index in [9.17, 15) is 4.79 Å². The van der Waals surface area contributed by atoms with Crippen molar-refractivity contribution in [3.63, 3.8) is 0 Å². The van der Waals surface area contributed by atoms with Crippen molar-refractivity contribution in [3.05, 3.63) is 42.3 Å². The number of aromatic nitrogens is 1. The predicted molar refractivity (Wildman–Crippen MR) is 110 cm³/mol. The fraction of sp³-hybridized carbons (Fsp3) is 0.476. The van der Waals surface area contributed by atoms with E-state index >= 15 is 0 Å². The molecule has 0 radical (unpaired) electrons. The number of nitrogens with one attached hydrogen (secondary N) is 2. The summed E-state index contributed by atoms with van der Waals surface area (Å²) in [5, 5.41) is 6.73. The summed E-state index contributed by atoms with van der Waals surface area (Å²) >= 11 is 0. The molecule has 2 heterocycles. The quantitative estimate of drug-likeness (QED) is 0.613. The Bertz CT molecular complexity index is 792. The third-order valence-corrected chi connectivity index (χ3v) is 4.87. The number of amides is 1. The summed E-state index contributed by atoms with van der Waals surface area (Å²) in [4.78, 5) is 22.9. The van der Waals surface area contributed by atoms with Crippen molar-refractivity contribution >= 4 is 11.9 Å². The van der Waals surface area contributed by atoms with E-state index in [-0.39, 0.29) is 11.8 Å². The molecule has 150 valence electrons. The first-order chi connectivity index (χ1) is 13.6. The molecule has 28 heavy (non-hydrogen) atoms. The number of carbonyl (C=O) groups is 1. The maximum Gasteiger partial charge on any atom is 0.226 e. The molecule has 0 bridgehead atoms. The van der Waals surface area contributed by atoms with Crippen LogP contribution < -0.4 is 10.6 Å². The first kappa shape index (κ1) is 19.9. The van der Waals surface area contributed by atoms with Gasteiger partial charge in [-0.25, -0.2) is 4.98 Å². The average Bonchev–Trinajstić information content (AvgIpc) is 3.20. The Balaban J connectivity index is 1.47. The number of benzene rings is 1. The second-order valence-corrected chi connectivity index (χ2v) is 7.33. The van der Waals surface area contributed by atoms with Gasteiger partial charge in [-0.15, -0.1) is 0 Å². The molecule has 7 heteroatoms. The highest BCUT2D eigenvalue weighted by Gasteiger charge is 2.24. The second-order valence-electron chi connectivity index (χ2n) is 7.33. The Morgan fingerprint density at radius 3 is 2.64 bits per heavy atom. The Morgan fingerprint density at radius 2 is 2.00 bits per heavy atom. The number of oxazole rings is 1. The van der Waals surface area contributed by atoms with Crippen molar-refractivity contribution in [1.82, 2.24) is 20.5 Å². The summed E-state index contributed by atoms with van der Waals surface area (Å²) in [7, 11) is 1.75. The van der Waals surface area contributed by atoms with Gasteiger partial charge in [0.15, 0.2) is 5.96 Å². The van der Waals surface area contributed by atoms with Gasteiger partial charge in [0.2, 0.25) is 11.8 Å². The summed E-state index contributed by atoms with van der Waals surface area (Å²) in [5.74, 6) is 1.64. The number of aliphatic imine (C=N–C) groups is 1. The molecule has 1 fully saturated rings. The van der Waals surface area contributed by atoms with Crippen LogP contribution in [0.5, 0.6) is 0 Å². The standard InChI is InChI=1S/C21H29N5O2/c1-15(2)20(27)26-11-9-17(10-12-26)25-21(22-3)23-13-18-14-28-19(24-18)16-7-5-4-6-8-16/h4-8,14-15,17H,9-13H2,1-3H3,(H2,22,23,25). The molecule has 3 rings (SSSR count). The van der Waals surface area contributed by atoms with E-state index in [0.717, 1.165) is 43.1 Å². The van der Waals surface area contributed by atoms with E-state index in [2.05, 4.69) is 20.6 Å². The van der Waals surface area contributed by atoms with Gasteiger partial charge in [0.25, 0.3) is 0 Å². The van der Waals surface area contributed by atoms with Gasteiger partial charge >= 0.3 is 0 Å². The van der Waals surface area contributed by atoms with E-state index < -0.39 is 0 Å². The third kappa shape index (κ3) is 5.12. The van der Waals surface area contributed by atoms with E-state index in [4.69, 9.17) is 4.42 Å². The van der Waals surface area contributed by atoms with Crippen LogP contribution in [-0.4, -0.2) is 47.9 Å². The third-order valence-electron chi connectivity index (χ3n) is 4.87. The van der Waals surface area contributed by atoms with Crippen molar-refractivity contribution in [3.8, 4) is 11.5 Å². The zero-order chi connectivity index (χ0) is 19.9. The van der Waals surface area contributed by atoms with E-state index in [1.54, 1.807) is 13.3 Å². The molecule has 1 aromatic heterocycles. The van der Waals surface area contributed by atoms with Gasteiger partial charge in [-0.2, -0.15) is 0 Å². The number of guanidine groups is 1. The van der Waals surface area contributed by atoms with E-state index in [1.165, 1.54) is 0 Å². The van der Waals surface area contributed by atoms with Crippen LogP contribution in [0.25, 0.3) is 11.5 Å². The molecule has 1 aliphatic rings. The SMILES string of the molecule is CN=C(NCc1coc(-c2ccccc2)n1)NC1CCN(C(=O)C(C)C)CC1. The molecule has 2 N–H and O–H groups in total. The number of hydrogen-bond acceptors (Lipinski definition) is 4. The number of carbonyl (C=O) groups excluding carboxylic acids is 1. The number of rotatable bonds is 5. The molecular formula is C21H29N5O2. The van der Waals surface area contributed by atoms with Crippen LogP contribution in [0.2, 0.25) is 0 Å². The van der Waals surface area contributed by atoms with Crippen LogP contribution in [-0.2, 0) is 11.3 Å². The van der Waals surface area contributed by atoms with Crippen LogP contribution in [0, 0.1) is 5.92 Å². The first-order valence-corrected chi connectivity index (χ1v) is 9.82. The topological polar surface area (TPSA) is 82.8 Å². The lowest BCUT2D eigenvalue weighted by molar-refractivity contribution is -0.135. The van der Waals surface area contributed by atoms with E-state index in [0.29, 0.717) is 18.5 Å². The van der Waals surface area contributed by atoms with Crippen LogP contribution in [0.1, 0.15) is 32.4 Å². The summed E-state index contributed by atoms with van der Waals surface area (Å²) in [5.41, 5.74) is 1.78. The number of piperidine rings is 1. The lowest BCUT2D eigenvalue weighted by atomic mass is 10.0. The van der Waals surface area contributed by atoms with Crippen molar-refractivity contribution in [2.75, 3.05) is 20.1 Å². The van der Waals surface area contributed by atoms with Crippen molar-refractivity contribution in [2.24, 2.45) is 10.9 Å². The minimum atomic E-state index is 0.0576. The molecule has 1 aliphatic heterocycles. The Labute approximate surface area is 166 Å². The molecule has 2 aromatic rings. The Kier molecular flexibility index (Phi) is 6.68. The maximum atomic E-state index is 12.1. The summed E-state index contributed by atoms with van der Waals surface area (Å²) in [6.45, 7) is 6.00. The highest BCUT2D eigenvalue weighted by molar-refractivity contribution is 5.80. The van der Waals surface area contributed by atoms with Gasteiger partial charge in [0.05, 0.1) is 12.2 Å². The first-order valence-electron chi connectivity index (χ1n) is 9.82. The Hall–Kier alpha value is -2.83. The van der Waals surface area contributed by atoms with Crippen molar-refractivity contribution < 1.29 is 9.21 Å². The van der Waals surface area contributed by atoms with Crippen molar-refractivity contribution in [1.29, 1.82) is 0 Å². The van der Waals surface area contributed by atoms with Gasteiger partial charge in [-0.1, -0.05) is 32.0 Å². The number of hydrogen-bond donors (Lipinski definition) is 2. The maximum absolute atomic E-state index is 12.1. The molecule has 0 aliphatic carbocycles. The molecule has 1 saturated heterocycles. The van der Waals surface area contributed by atoms with Gasteiger partial charge in [0, 0.05) is 37.7 Å². The zero-order valence-corrected chi connectivity index (χ0v) is 16.8. The van der Waals surface area contributed by atoms with Crippen LogP contribution in [0.4, 0.5) is 0 Å². The fourth-order valence-corrected chi connectivity index (χ4v) is 3.27. The van der Waals surface area contributed by atoms with Gasteiger partial charge in [0.1, 0.15) is 6.26 Å². The monoisotopic (exact) mass is 383 g/mol. The van der Waals surface area contributed by atoms with Crippen molar-refractivity contribution in [2.45, 2.75) is 39.3 Å². The van der Waals surface area contributed by atoms with Gasteiger partial charge in [-0.05, 0) is 25.0 Å². The minimum absolute atomic E-state index is 0.0576. The Morgan fingerprint density at radius 1 is 1.29 bits per heavy atom. The number of nitrogens with zero attached hydrogens (tertiary/aromatic N) is 3. The minimum Gasteiger partial charge on any atom is -0.444 e. The second kappa shape index (κ2) is 9.39. The van der Waals surface area contributed by atoms with Crippen LogP contribution >= 0.6 is 0 Å². The number of likely N-dealkylation sites (tertiary alicyclic amines) is 1. The van der Waals surface area contributed by atoms with E-state index in [1.807, 2.05) is 49.1 Å². The normalized spacial score (nSPS) is 15.7. The molecule has 1 amide bonds. The molecular weight excluding hydrogens is 354 g/mol. The zero-order valence-electron chi connectivity index (χ0n) is 16.8. The van der Waals surface area contributed by atoms with Gasteiger partial charge < -0.3 is 20.0 Å². The average molecular weight is 383 g/mol.